The van der Waals surface area contributed by atoms with E-state index in [0.717, 1.165) is 5.65 Å². The minimum Gasteiger partial charge on any atom is -0.465 e. The maximum absolute atomic E-state index is 12.0. The molecule has 5 heteroatoms. The van der Waals surface area contributed by atoms with Gasteiger partial charge >= 0.3 is 5.97 Å². The maximum atomic E-state index is 12.0. The monoisotopic (exact) mass is 247 g/mol. The lowest BCUT2D eigenvalue weighted by Gasteiger charge is -2.17. The average Bonchev–Trinajstić information content (AvgIpc) is 2.74. The molecule has 2 aromatic heterocycles. The molecule has 2 rings (SSSR count). The molecule has 0 aliphatic rings. The van der Waals surface area contributed by atoms with Gasteiger partial charge in [0.2, 0.25) is 0 Å². The quantitative estimate of drug-likeness (QED) is 0.776. The Morgan fingerprint density at radius 2 is 2.17 bits per heavy atom. The fraction of sp³-hybridized carbons (Fsp3) is 0.462. The number of rotatable bonds is 4. The van der Waals surface area contributed by atoms with E-state index in [4.69, 9.17) is 4.74 Å². The third kappa shape index (κ3) is 2.20. The molecule has 96 valence electrons. The lowest BCUT2D eigenvalue weighted by atomic mass is 9.95. The molecule has 0 aliphatic carbocycles. The highest BCUT2D eigenvalue weighted by molar-refractivity contribution is 5.77. The first-order valence-corrected chi connectivity index (χ1v) is 6.11. The number of hydrogen-bond acceptors (Lipinski definition) is 4. The number of carbonyl (C=O) groups excluding carboxylic acids is 1. The fourth-order valence-electron chi connectivity index (χ4n) is 1.98. The maximum Gasteiger partial charge on any atom is 0.316 e. The van der Waals surface area contributed by atoms with E-state index < -0.39 is 0 Å². The van der Waals surface area contributed by atoms with Crippen molar-refractivity contribution in [1.82, 2.24) is 14.6 Å². The second kappa shape index (κ2) is 5.16. The second-order valence-corrected chi connectivity index (χ2v) is 4.46. The van der Waals surface area contributed by atoms with Crippen molar-refractivity contribution in [2.45, 2.75) is 26.7 Å². The van der Waals surface area contributed by atoms with Crippen LogP contribution in [0.2, 0.25) is 0 Å². The number of nitrogens with zero attached hydrogens (tertiary/aromatic N) is 3. The van der Waals surface area contributed by atoms with Gasteiger partial charge in [-0.3, -0.25) is 9.20 Å². The van der Waals surface area contributed by atoms with E-state index >= 15 is 0 Å². The zero-order valence-corrected chi connectivity index (χ0v) is 10.8. The normalized spacial score (nSPS) is 12.9. The summed E-state index contributed by atoms with van der Waals surface area (Å²) in [5.41, 5.74) is 0.738. The number of carbonyl (C=O) groups is 1. The van der Waals surface area contributed by atoms with Crippen LogP contribution >= 0.6 is 0 Å². The SMILES string of the molecule is CCOC(=O)C(c1nnc2ccccn12)C(C)C. The molecule has 0 bridgehead atoms. The van der Waals surface area contributed by atoms with Gasteiger partial charge in [-0.15, -0.1) is 10.2 Å². The highest BCUT2D eigenvalue weighted by Crippen LogP contribution is 2.24. The molecule has 0 fully saturated rings. The lowest BCUT2D eigenvalue weighted by Crippen LogP contribution is -2.23. The average molecular weight is 247 g/mol. The zero-order valence-electron chi connectivity index (χ0n) is 10.8. The molecule has 0 aromatic carbocycles. The molecular weight excluding hydrogens is 230 g/mol. The molecule has 0 N–H and O–H groups in total. The van der Waals surface area contributed by atoms with Crippen molar-refractivity contribution in [3.05, 3.63) is 30.2 Å². The van der Waals surface area contributed by atoms with Crippen LogP contribution in [0.15, 0.2) is 24.4 Å². The Morgan fingerprint density at radius 3 is 2.83 bits per heavy atom. The highest BCUT2D eigenvalue weighted by atomic mass is 16.5. The summed E-state index contributed by atoms with van der Waals surface area (Å²) >= 11 is 0. The second-order valence-electron chi connectivity index (χ2n) is 4.46. The Balaban J connectivity index is 2.45. The Hall–Kier alpha value is -1.91. The molecular formula is C13H17N3O2. The van der Waals surface area contributed by atoms with Crippen LogP contribution in [-0.4, -0.2) is 27.2 Å². The summed E-state index contributed by atoms with van der Waals surface area (Å²) in [6.45, 7) is 6.13. The van der Waals surface area contributed by atoms with Crippen LogP contribution in [0.25, 0.3) is 5.65 Å². The molecule has 0 amide bonds. The van der Waals surface area contributed by atoms with Crippen molar-refractivity contribution < 1.29 is 9.53 Å². The molecule has 18 heavy (non-hydrogen) atoms. The topological polar surface area (TPSA) is 56.5 Å². The largest absolute Gasteiger partial charge is 0.465 e. The standard InChI is InChI=1S/C13H17N3O2/c1-4-18-13(17)11(9(2)3)12-15-14-10-7-5-6-8-16(10)12/h5-9,11H,4H2,1-3H3. The molecule has 1 unspecified atom stereocenters. The van der Waals surface area contributed by atoms with Crippen molar-refractivity contribution in [1.29, 1.82) is 0 Å². The van der Waals surface area contributed by atoms with E-state index in [-0.39, 0.29) is 17.8 Å². The fourth-order valence-corrected chi connectivity index (χ4v) is 1.98. The number of hydrogen-bond donors (Lipinski definition) is 0. The number of aromatic nitrogens is 3. The molecule has 5 nitrogen and oxygen atoms in total. The Kier molecular flexibility index (Phi) is 3.60. The van der Waals surface area contributed by atoms with Gasteiger partial charge in [0.1, 0.15) is 5.92 Å². The molecule has 0 aliphatic heterocycles. The van der Waals surface area contributed by atoms with Crippen molar-refractivity contribution in [2.24, 2.45) is 5.92 Å². The zero-order chi connectivity index (χ0) is 13.1. The molecule has 0 saturated heterocycles. The third-order valence-electron chi connectivity index (χ3n) is 2.83. The van der Waals surface area contributed by atoms with Crippen LogP contribution in [-0.2, 0) is 9.53 Å². The lowest BCUT2D eigenvalue weighted by molar-refractivity contribution is -0.146. The van der Waals surface area contributed by atoms with Gasteiger partial charge in [0.25, 0.3) is 0 Å². The van der Waals surface area contributed by atoms with Gasteiger partial charge < -0.3 is 4.74 Å². The molecule has 0 spiro atoms. The van der Waals surface area contributed by atoms with Crippen LogP contribution < -0.4 is 0 Å². The van der Waals surface area contributed by atoms with E-state index in [1.54, 1.807) is 6.92 Å². The molecule has 2 heterocycles. The first-order valence-electron chi connectivity index (χ1n) is 6.11. The van der Waals surface area contributed by atoms with Crippen molar-refractivity contribution in [3.8, 4) is 0 Å². The summed E-state index contributed by atoms with van der Waals surface area (Å²) in [6, 6.07) is 5.64. The highest BCUT2D eigenvalue weighted by Gasteiger charge is 2.30. The van der Waals surface area contributed by atoms with Crippen molar-refractivity contribution in [3.63, 3.8) is 0 Å². The van der Waals surface area contributed by atoms with Crippen molar-refractivity contribution in [2.75, 3.05) is 6.61 Å². The van der Waals surface area contributed by atoms with Crippen LogP contribution in [0.3, 0.4) is 0 Å². The summed E-state index contributed by atoms with van der Waals surface area (Å²) < 4.78 is 6.95. The van der Waals surface area contributed by atoms with Crippen LogP contribution in [0, 0.1) is 5.92 Å². The van der Waals surface area contributed by atoms with Gasteiger partial charge in [0.15, 0.2) is 11.5 Å². The predicted octanol–water partition coefficient (Wildman–Crippen LogP) is 2.03. The number of pyridine rings is 1. The minimum atomic E-state index is -0.387. The van der Waals surface area contributed by atoms with E-state index in [2.05, 4.69) is 10.2 Å². The van der Waals surface area contributed by atoms with Crippen molar-refractivity contribution >= 4 is 11.6 Å². The summed E-state index contributed by atoms with van der Waals surface area (Å²) in [6.07, 6.45) is 1.86. The van der Waals surface area contributed by atoms with Crippen LogP contribution in [0.5, 0.6) is 0 Å². The molecule has 0 radical (unpaired) electrons. The Bertz CT molecular complexity index is 548. The van der Waals surface area contributed by atoms with E-state index in [0.29, 0.717) is 12.4 Å². The first-order chi connectivity index (χ1) is 8.65. The van der Waals surface area contributed by atoms with E-state index in [1.165, 1.54) is 0 Å². The summed E-state index contributed by atoms with van der Waals surface area (Å²) in [4.78, 5) is 12.0. The van der Waals surface area contributed by atoms with Crippen LogP contribution in [0.1, 0.15) is 32.5 Å². The molecule has 2 aromatic rings. The van der Waals surface area contributed by atoms with E-state index in [1.807, 2.05) is 42.6 Å². The summed E-state index contributed by atoms with van der Waals surface area (Å²) in [5, 5.41) is 8.20. The summed E-state index contributed by atoms with van der Waals surface area (Å²) in [7, 11) is 0. The van der Waals surface area contributed by atoms with Gasteiger partial charge in [0, 0.05) is 6.20 Å². The van der Waals surface area contributed by atoms with Gasteiger partial charge in [-0.1, -0.05) is 19.9 Å². The smallest absolute Gasteiger partial charge is 0.316 e. The van der Waals surface area contributed by atoms with E-state index in [9.17, 15) is 4.79 Å². The number of esters is 1. The van der Waals surface area contributed by atoms with Crippen LogP contribution in [0.4, 0.5) is 0 Å². The first kappa shape index (κ1) is 12.5. The van der Waals surface area contributed by atoms with Gasteiger partial charge in [-0.25, -0.2) is 0 Å². The molecule has 0 saturated carbocycles. The number of fused-ring (bicyclic) bond motifs is 1. The third-order valence-corrected chi connectivity index (χ3v) is 2.83. The molecule has 1 atom stereocenters. The minimum absolute atomic E-state index is 0.108. The number of ether oxygens (including phenoxy) is 1. The van der Waals surface area contributed by atoms with Gasteiger partial charge in [-0.05, 0) is 25.0 Å². The predicted molar refractivity (Wildman–Crippen MR) is 67.2 cm³/mol. The van der Waals surface area contributed by atoms with Gasteiger partial charge in [0.05, 0.1) is 6.61 Å². The van der Waals surface area contributed by atoms with Gasteiger partial charge in [-0.2, -0.15) is 0 Å². The summed E-state index contributed by atoms with van der Waals surface area (Å²) in [5.74, 6) is 0.115. The Morgan fingerprint density at radius 1 is 1.39 bits per heavy atom. The Labute approximate surface area is 106 Å².